The van der Waals surface area contributed by atoms with E-state index in [2.05, 4.69) is 73.2 Å². The fourth-order valence-corrected chi connectivity index (χ4v) is 2.72. The highest BCUT2D eigenvalue weighted by atomic mass is 31.1. The summed E-state index contributed by atoms with van der Waals surface area (Å²) in [5, 5.41) is 1.42. The zero-order valence-corrected chi connectivity index (χ0v) is 10.3. The zero-order chi connectivity index (χ0) is 11.2. The largest absolute Gasteiger partial charge is 0.0622 e. The van der Waals surface area contributed by atoms with E-state index in [9.17, 15) is 0 Å². The highest BCUT2D eigenvalue weighted by Gasteiger charge is 1.98. The van der Waals surface area contributed by atoms with E-state index in [-0.39, 0.29) is 7.92 Å². The summed E-state index contributed by atoms with van der Waals surface area (Å²) in [6, 6.07) is 21.1. The van der Waals surface area contributed by atoms with Crippen molar-refractivity contribution in [1.29, 1.82) is 0 Å². The van der Waals surface area contributed by atoms with Gasteiger partial charge in [0.05, 0.1) is 0 Å². The van der Waals surface area contributed by atoms with Gasteiger partial charge in [0.2, 0.25) is 0 Å². The van der Waals surface area contributed by atoms with Gasteiger partial charge in [0, 0.05) is 0 Å². The molecule has 0 nitrogen and oxygen atoms in total. The summed E-state index contributed by atoms with van der Waals surface area (Å²) in [6.07, 6.45) is 2.21. The van der Waals surface area contributed by atoms with Crippen molar-refractivity contribution in [3.8, 4) is 0 Å². The van der Waals surface area contributed by atoms with Crippen molar-refractivity contribution in [1.82, 2.24) is 0 Å². The Labute approximate surface area is 98.4 Å². The fourth-order valence-electron chi connectivity index (χ4n) is 1.51. The molecule has 16 heavy (non-hydrogen) atoms. The van der Waals surface area contributed by atoms with Gasteiger partial charge in [0.15, 0.2) is 0 Å². The van der Waals surface area contributed by atoms with Crippen LogP contribution in [0.15, 0.2) is 66.5 Å². The van der Waals surface area contributed by atoms with Gasteiger partial charge in [-0.1, -0.05) is 80.5 Å². The molecule has 1 atom stereocenters. The first-order chi connectivity index (χ1) is 7.86. The minimum absolute atomic E-state index is 0.180. The lowest BCUT2D eigenvalue weighted by Gasteiger charge is -2.06. The van der Waals surface area contributed by atoms with Crippen LogP contribution in [0.3, 0.4) is 0 Å². The van der Waals surface area contributed by atoms with Crippen molar-refractivity contribution in [2.45, 2.75) is 0 Å². The van der Waals surface area contributed by atoms with Crippen LogP contribution in [-0.4, -0.2) is 6.66 Å². The topological polar surface area (TPSA) is 0 Å². The third-order valence-electron chi connectivity index (χ3n) is 2.45. The average molecular weight is 226 g/mol. The molecule has 0 heterocycles. The highest BCUT2D eigenvalue weighted by Crippen LogP contribution is 2.31. The fraction of sp³-hybridized carbons (Fsp3) is 0.0667. The second-order valence-electron chi connectivity index (χ2n) is 3.67. The van der Waals surface area contributed by atoms with Crippen LogP contribution in [0.4, 0.5) is 0 Å². The molecule has 0 N–H and O–H groups in total. The molecule has 0 saturated carbocycles. The Balaban J connectivity index is 2.08. The molecule has 1 heteroatoms. The van der Waals surface area contributed by atoms with Crippen molar-refractivity contribution in [3.05, 3.63) is 72.0 Å². The van der Waals surface area contributed by atoms with Crippen LogP contribution in [0, 0.1) is 0 Å². The minimum atomic E-state index is -0.180. The van der Waals surface area contributed by atoms with Gasteiger partial charge >= 0.3 is 0 Å². The van der Waals surface area contributed by atoms with Crippen molar-refractivity contribution in [2.75, 3.05) is 6.66 Å². The number of benzene rings is 2. The molecule has 2 rings (SSSR count). The van der Waals surface area contributed by atoms with E-state index in [1.165, 1.54) is 10.9 Å². The number of hydrogen-bond acceptors (Lipinski definition) is 0. The predicted molar refractivity (Wildman–Crippen MR) is 74.4 cm³/mol. The lowest BCUT2D eigenvalue weighted by Crippen LogP contribution is -1.95. The molecule has 0 aliphatic carbocycles. The van der Waals surface area contributed by atoms with E-state index in [1.54, 1.807) is 0 Å². The maximum absolute atomic E-state index is 2.31. The lowest BCUT2D eigenvalue weighted by atomic mass is 10.2. The van der Waals surface area contributed by atoms with Gasteiger partial charge in [-0.15, -0.1) is 0 Å². The summed E-state index contributed by atoms with van der Waals surface area (Å²) in [5.41, 5.74) is 1.27. The molecule has 0 radical (unpaired) electrons. The van der Waals surface area contributed by atoms with Gasteiger partial charge in [0.1, 0.15) is 0 Å². The molecule has 0 amide bonds. The molecule has 0 saturated heterocycles. The summed E-state index contributed by atoms with van der Waals surface area (Å²) in [7, 11) is -0.180. The monoisotopic (exact) mass is 226 g/mol. The summed E-state index contributed by atoms with van der Waals surface area (Å²) in [6.45, 7) is 2.28. The Kier molecular flexibility index (Phi) is 3.91. The number of rotatable bonds is 3. The Morgan fingerprint density at radius 2 is 1.38 bits per heavy atom. The third-order valence-corrected chi connectivity index (χ3v) is 4.16. The van der Waals surface area contributed by atoms with Crippen LogP contribution in [0.5, 0.6) is 0 Å². The first-order valence-corrected chi connectivity index (χ1v) is 7.23. The van der Waals surface area contributed by atoms with Crippen LogP contribution >= 0.6 is 7.92 Å². The third kappa shape index (κ3) is 3.05. The summed E-state index contributed by atoms with van der Waals surface area (Å²) in [4.78, 5) is 0. The quantitative estimate of drug-likeness (QED) is 0.691. The lowest BCUT2D eigenvalue weighted by molar-refractivity contribution is 1.66. The molecule has 1 unspecified atom stereocenters. The molecule has 0 spiro atoms. The smallest absolute Gasteiger partial charge is 0.0204 e. The summed E-state index contributed by atoms with van der Waals surface area (Å²) >= 11 is 0. The molecule has 0 aliphatic heterocycles. The molecule has 0 bridgehead atoms. The van der Waals surface area contributed by atoms with Crippen LogP contribution in [0.25, 0.3) is 6.08 Å². The van der Waals surface area contributed by atoms with E-state index < -0.39 is 0 Å². The first-order valence-electron chi connectivity index (χ1n) is 5.37. The van der Waals surface area contributed by atoms with Crippen LogP contribution in [0.2, 0.25) is 0 Å². The second-order valence-corrected chi connectivity index (χ2v) is 5.71. The maximum atomic E-state index is 2.31. The van der Waals surface area contributed by atoms with Crippen molar-refractivity contribution in [2.24, 2.45) is 0 Å². The van der Waals surface area contributed by atoms with E-state index in [0.29, 0.717) is 0 Å². The Morgan fingerprint density at radius 3 is 2.00 bits per heavy atom. The summed E-state index contributed by atoms with van der Waals surface area (Å²) in [5.74, 6) is 2.31. The van der Waals surface area contributed by atoms with Crippen LogP contribution in [-0.2, 0) is 0 Å². The minimum Gasteiger partial charge on any atom is -0.0622 e. The molecular formula is C15H15P. The Hall–Kier alpha value is -1.39. The van der Waals surface area contributed by atoms with Crippen LogP contribution in [0.1, 0.15) is 5.56 Å². The average Bonchev–Trinajstić information content (AvgIpc) is 2.38. The van der Waals surface area contributed by atoms with E-state index in [4.69, 9.17) is 0 Å². The molecule has 0 fully saturated rings. The molecule has 80 valence electrons. The van der Waals surface area contributed by atoms with Crippen molar-refractivity contribution < 1.29 is 0 Å². The van der Waals surface area contributed by atoms with Crippen molar-refractivity contribution in [3.63, 3.8) is 0 Å². The SMILES string of the molecule is CP(/C=C\c1ccccc1)c1ccccc1. The van der Waals surface area contributed by atoms with Gasteiger partial charge in [-0.05, 0) is 17.5 Å². The molecule has 0 aromatic heterocycles. The van der Waals surface area contributed by atoms with Crippen LogP contribution < -0.4 is 5.30 Å². The second kappa shape index (κ2) is 5.63. The predicted octanol–water partition coefficient (Wildman–Crippen LogP) is 4.09. The normalized spacial score (nSPS) is 12.8. The molecule has 0 aliphatic rings. The maximum Gasteiger partial charge on any atom is -0.0204 e. The molecule has 2 aromatic rings. The Bertz CT molecular complexity index is 445. The molecule has 2 aromatic carbocycles. The Morgan fingerprint density at radius 1 is 0.812 bits per heavy atom. The van der Waals surface area contributed by atoms with E-state index in [1.807, 2.05) is 6.07 Å². The van der Waals surface area contributed by atoms with Crippen molar-refractivity contribution >= 4 is 19.3 Å². The van der Waals surface area contributed by atoms with E-state index >= 15 is 0 Å². The van der Waals surface area contributed by atoms with Gasteiger partial charge in [-0.25, -0.2) is 0 Å². The number of hydrogen-bond donors (Lipinski definition) is 0. The highest BCUT2D eigenvalue weighted by molar-refractivity contribution is 7.68. The van der Waals surface area contributed by atoms with Gasteiger partial charge in [-0.2, -0.15) is 0 Å². The molecular weight excluding hydrogens is 211 g/mol. The first kappa shape index (κ1) is 11.1. The summed E-state index contributed by atoms with van der Waals surface area (Å²) < 4.78 is 0. The van der Waals surface area contributed by atoms with E-state index in [0.717, 1.165) is 0 Å². The van der Waals surface area contributed by atoms with Gasteiger partial charge in [-0.3, -0.25) is 0 Å². The zero-order valence-electron chi connectivity index (χ0n) is 9.38. The standard InChI is InChI=1S/C15H15P/c1-16(15-10-6-3-7-11-15)13-12-14-8-4-2-5-9-14/h2-13H,1H3/b13-12-. The van der Waals surface area contributed by atoms with Gasteiger partial charge < -0.3 is 0 Å². The van der Waals surface area contributed by atoms with Gasteiger partial charge in [0.25, 0.3) is 0 Å².